The van der Waals surface area contributed by atoms with Crippen molar-refractivity contribution < 1.29 is 4.74 Å². The summed E-state index contributed by atoms with van der Waals surface area (Å²) in [5, 5.41) is 10.4. The third-order valence-corrected chi connectivity index (χ3v) is 15.0. The molecule has 0 amide bonds. The Labute approximate surface area is 288 Å². The molecule has 0 saturated heterocycles. The highest BCUT2D eigenvalue weighted by Crippen LogP contribution is 2.55. The minimum atomic E-state index is -1.94. The molecule has 2 heteroatoms. The largest absolute Gasteiger partial charge is 0.457 e. The molecule has 8 aromatic carbocycles. The Hall–Kier alpha value is -5.44. The van der Waals surface area contributed by atoms with Crippen LogP contribution in [-0.2, 0) is 5.41 Å². The van der Waals surface area contributed by atoms with Gasteiger partial charge < -0.3 is 4.74 Å². The second-order valence-electron chi connectivity index (χ2n) is 14.8. The summed E-state index contributed by atoms with van der Waals surface area (Å²) < 4.78 is 6.86. The number of hydrogen-bond donors (Lipinski definition) is 0. The van der Waals surface area contributed by atoms with Crippen LogP contribution in [0.15, 0.2) is 146 Å². The normalized spacial score (nSPS) is 15.0. The van der Waals surface area contributed by atoms with Gasteiger partial charge in [-0.15, -0.1) is 0 Å². The zero-order chi connectivity index (χ0) is 33.1. The molecule has 10 rings (SSSR count). The van der Waals surface area contributed by atoms with Crippen LogP contribution in [0.2, 0.25) is 13.1 Å². The van der Waals surface area contributed by atoms with Gasteiger partial charge in [-0.3, -0.25) is 0 Å². The molecule has 0 unspecified atom stereocenters. The molecule has 49 heavy (non-hydrogen) atoms. The fraction of sp³-hybridized carbons (Fsp3) is 0.106. The molecule has 1 aliphatic heterocycles. The van der Waals surface area contributed by atoms with E-state index in [1.54, 1.807) is 0 Å². The third-order valence-electron chi connectivity index (χ3n) is 11.5. The standard InChI is InChI=1S/C47H36OSi/c1-47(2)38-26-27-42-46(48-40-22-11-12-23-41(40)49(42,3)4)45(38)37-25-24-30(28-39(37)47)43-33-17-7-9-19-35(33)44(36-20-10-8-18-34(36)43)32-21-13-15-29-14-5-6-16-31(29)32/h5-28H,1-4H3. The molecule has 234 valence electrons. The predicted octanol–water partition coefficient (Wildman–Crippen LogP) is 11.7. The first-order chi connectivity index (χ1) is 23.8. The molecule has 0 atom stereocenters. The van der Waals surface area contributed by atoms with Crippen LogP contribution in [0.1, 0.15) is 25.0 Å². The zero-order valence-corrected chi connectivity index (χ0v) is 29.3. The fourth-order valence-corrected chi connectivity index (χ4v) is 11.8. The van der Waals surface area contributed by atoms with Crippen molar-refractivity contribution >= 4 is 50.8 Å². The summed E-state index contributed by atoms with van der Waals surface area (Å²) in [6.45, 7) is 9.68. The highest BCUT2D eigenvalue weighted by molar-refractivity contribution is 7.01. The first-order valence-corrected chi connectivity index (χ1v) is 20.4. The van der Waals surface area contributed by atoms with E-state index >= 15 is 0 Å². The van der Waals surface area contributed by atoms with Crippen molar-refractivity contribution in [1.29, 1.82) is 0 Å². The summed E-state index contributed by atoms with van der Waals surface area (Å²) in [6, 6.07) is 54.1. The lowest BCUT2D eigenvalue weighted by Crippen LogP contribution is -2.56. The number of rotatable bonds is 2. The van der Waals surface area contributed by atoms with E-state index < -0.39 is 8.07 Å². The maximum absolute atomic E-state index is 6.86. The van der Waals surface area contributed by atoms with E-state index in [1.165, 1.54) is 87.2 Å². The molecule has 0 saturated carbocycles. The molecule has 1 nitrogen and oxygen atoms in total. The minimum Gasteiger partial charge on any atom is -0.457 e. The van der Waals surface area contributed by atoms with Crippen LogP contribution in [0.3, 0.4) is 0 Å². The van der Waals surface area contributed by atoms with Crippen LogP contribution in [0, 0.1) is 0 Å². The average molecular weight is 645 g/mol. The van der Waals surface area contributed by atoms with Crippen LogP contribution >= 0.6 is 0 Å². The summed E-state index contributed by atoms with van der Waals surface area (Å²) >= 11 is 0. The van der Waals surface area contributed by atoms with Crippen LogP contribution in [0.4, 0.5) is 0 Å². The Bertz CT molecular complexity index is 2630. The maximum atomic E-state index is 6.86. The highest BCUT2D eigenvalue weighted by Gasteiger charge is 2.43. The van der Waals surface area contributed by atoms with Gasteiger partial charge in [-0.05, 0) is 93.8 Å². The summed E-state index contributed by atoms with van der Waals surface area (Å²) in [7, 11) is -1.94. The van der Waals surface area contributed by atoms with Crippen molar-refractivity contribution in [2.45, 2.75) is 32.4 Å². The lowest BCUT2D eigenvalue weighted by molar-refractivity contribution is 0.487. The van der Waals surface area contributed by atoms with E-state index in [0.29, 0.717) is 0 Å². The molecule has 0 aromatic heterocycles. The molecule has 2 aliphatic rings. The molecule has 8 aromatic rings. The van der Waals surface area contributed by atoms with Gasteiger partial charge in [-0.2, -0.15) is 0 Å². The second kappa shape index (κ2) is 10.0. The van der Waals surface area contributed by atoms with E-state index in [-0.39, 0.29) is 5.41 Å². The molecule has 0 bridgehead atoms. The van der Waals surface area contributed by atoms with Gasteiger partial charge in [0, 0.05) is 11.0 Å². The lowest BCUT2D eigenvalue weighted by atomic mass is 9.80. The number of para-hydroxylation sites is 1. The van der Waals surface area contributed by atoms with Gasteiger partial charge in [0.05, 0.1) is 0 Å². The number of fused-ring (bicyclic) bond motifs is 9. The fourth-order valence-electron chi connectivity index (χ4n) is 9.05. The summed E-state index contributed by atoms with van der Waals surface area (Å²) in [4.78, 5) is 0. The topological polar surface area (TPSA) is 9.23 Å². The van der Waals surface area contributed by atoms with Gasteiger partial charge in [0.25, 0.3) is 0 Å². The Kier molecular flexibility index (Phi) is 5.85. The van der Waals surface area contributed by atoms with Gasteiger partial charge in [-0.1, -0.05) is 160 Å². The van der Waals surface area contributed by atoms with Crippen molar-refractivity contribution in [1.82, 2.24) is 0 Å². The summed E-state index contributed by atoms with van der Waals surface area (Å²) in [6.07, 6.45) is 0. The van der Waals surface area contributed by atoms with Crippen molar-refractivity contribution in [2.75, 3.05) is 0 Å². The maximum Gasteiger partial charge on any atom is 0.135 e. The molecule has 0 radical (unpaired) electrons. The highest BCUT2D eigenvalue weighted by atomic mass is 28.3. The molecule has 0 N–H and O–H groups in total. The van der Waals surface area contributed by atoms with Crippen LogP contribution in [0.25, 0.3) is 65.7 Å². The van der Waals surface area contributed by atoms with Crippen molar-refractivity contribution in [2.24, 2.45) is 0 Å². The third kappa shape index (κ3) is 3.87. The minimum absolute atomic E-state index is 0.170. The van der Waals surface area contributed by atoms with Gasteiger partial charge in [0.15, 0.2) is 0 Å². The average Bonchev–Trinajstić information content (AvgIpc) is 3.36. The van der Waals surface area contributed by atoms with E-state index in [1.807, 2.05) is 0 Å². The molecule has 1 heterocycles. The van der Waals surface area contributed by atoms with Crippen LogP contribution in [-0.4, -0.2) is 8.07 Å². The number of hydrogen-bond acceptors (Lipinski definition) is 1. The Morgan fingerprint density at radius 2 is 1.08 bits per heavy atom. The number of ether oxygens (including phenoxy) is 1. The van der Waals surface area contributed by atoms with E-state index in [4.69, 9.17) is 4.74 Å². The van der Waals surface area contributed by atoms with E-state index in [2.05, 4.69) is 173 Å². The lowest BCUT2D eigenvalue weighted by Gasteiger charge is -2.34. The first kappa shape index (κ1) is 28.6. The van der Waals surface area contributed by atoms with Crippen molar-refractivity contribution in [3.05, 3.63) is 157 Å². The van der Waals surface area contributed by atoms with E-state index in [0.717, 1.165) is 11.5 Å². The van der Waals surface area contributed by atoms with Gasteiger partial charge in [-0.25, -0.2) is 0 Å². The van der Waals surface area contributed by atoms with Gasteiger partial charge >= 0.3 is 0 Å². The molecule has 0 spiro atoms. The molecule has 0 fully saturated rings. The van der Waals surface area contributed by atoms with Crippen molar-refractivity contribution in [3.8, 4) is 44.9 Å². The number of benzene rings is 8. The Morgan fingerprint density at radius 3 is 1.82 bits per heavy atom. The first-order valence-electron chi connectivity index (χ1n) is 17.4. The quantitative estimate of drug-likeness (QED) is 0.134. The monoisotopic (exact) mass is 644 g/mol. The Balaban J connectivity index is 1.23. The van der Waals surface area contributed by atoms with Gasteiger partial charge in [0.2, 0.25) is 0 Å². The Morgan fingerprint density at radius 1 is 0.469 bits per heavy atom. The summed E-state index contributed by atoms with van der Waals surface area (Å²) in [5.41, 5.74) is 10.3. The molecule has 1 aliphatic carbocycles. The van der Waals surface area contributed by atoms with E-state index in [9.17, 15) is 0 Å². The summed E-state index contributed by atoms with van der Waals surface area (Å²) in [5.74, 6) is 2.09. The smallest absolute Gasteiger partial charge is 0.135 e. The molecular formula is C47H36OSi. The van der Waals surface area contributed by atoms with Gasteiger partial charge in [0.1, 0.15) is 19.6 Å². The van der Waals surface area contributed by atoms with Crippen molar-refractivity contribution in [3.63, 3.8) is 0 Å². The van der Waals surface area contributed by atoms with Crippen LogP contribution in [0.5, 0.6) is 11.5 Å². The zero-order valence-electron chi connectivity index (χ0n) is 28.3. The SMILES string of the molecule is CC1(C)c2cc(-c3c4ccccc4c(-c4cccc5ccccc45)c4ccccc34)ccc2-c2c1ccc1c2Oc2ccccc2[Si]1(C)C. The predicted molar refractivity (Wildman–Crippen MR) is 211 cm³/mol. The second-order valence-corrected chi connectivity index (χ2v) is 19.2. The molecular weight excluding hydrogens is 609 g/mol. The van der Waals surface area contributed by atoms with Crippen LogP contribution < -0.4 is 15.1 Å².